The second kappa shape index (κ2) is 12.2. The molecule has 9 nitrogen and oxygen atoms in total. The van der Waals surface area contributed by atoms with E-state index in [9.17, 15) is 0 Å². The summed E-state index contributed by atoms with van der Waals surface area (Å²) in [6, 6.07) is 16.4. The van der Waals surface area contributed by atoms with Gasteiger partial charge in [-0.1, -0.05) is 12.1 Å². The van der Waals surface area contributed by atoms with Crippen molar-refractivity contribution in [1.29, 1.82) is 0 Å². The summed E-state index contributed by atoms with van der Waals surface area (Å²) in [5.41, 5.74) is 3.34. The van der Waals surface area contributed by atoms with E-state index in [1.807, 2.05) is 12.1 Å². The van der Waals surface area contributed by atoms with Crippen molar-refractivity contribution in [3.8, 4) is 5.75 Å². The summed E-state index contributed by atoms with van der Waals surface area (Å²) >= 11 is 0. The minimum atomic E-state index is 0.521. The average Bonchev–Trinajstić information content (AvgIpc) is 2.91. The van der Waals surface area contributed by atoms with Crippen molar-refractivity contribution < 1.29 is 9.47 Å². The van der Waals surface area contributed by atoms with Gasteiger partial charge in [-0.3, -0.25) is 0 Å². The molecule has 0 atom stereocenters. The second-order valence-corrected chi connectivity index (χ2v) is 8.25. The molecule has 1 aliphatic heterocycles. The van der Waals surface area contributed by atoms with E-state index in [2.05, 4.69) is 85.6 Å². The Balaban J connectivity index is 1.45. The van der Waals surface area contributed by atoms with Gasteiger partial charge in [-0.15, -0.1) is 0 Å². The molecule has 0 unspecified atom stereocenters. The van der Waals surface area contributed by atoms with Crippen molar-refractivity contribution in [2.45, 2.75) is 20.3 Å². The summed E-state index contributed by atoms with van der Waals surface area (Å²) in [4.78, 5) is 18.4. The molecule has 0 amide bonds. The highest BCUT2D eigenvalue weighted by Crippen LogP contribution is 2.22. The Morgan fingerprint density at radius 1 is 0.914 bits per heavy atom. The van der Waals surface area contributed by atoms with Crippen LogP contribution < -0.4 is 25.2 Å². The number of morpholine rings is 1. The number of hydrogen-bond donors (Lipinski definition) is 2. The van der Waals surface area contributed by atoms with Gasteiger partial charge in [0.1, 0.15) is 5.75 Å². The van der Waals surface area contributed by atoms with E-state index in [0.29, 0.717) is 24.4 Å². The fourth-order valence-electron chi connectivity index (χ4n) is 3.96. The van der Waals surface area contributed by atoms with Gasteiger partial charge in [-0.05, 0) is 62.2 Å². The highest BCUT2D eigenvalue weighted by Gasteiger charge is 2.13. The molecule has 186 valence electrons. The predicted molar refractivity (Wildman–Crippen MR) is 141 cm³/mol. The third kappa shape index (κ3) is 6.73. The zero-order valence-electron chi connectivity index (χ0n) is 20.8. The first-order valence-electron chi connectivity index (χ1n) is 12.3. The van der Waals surface area contributed by atoms with Crippen LogP contribution in [0.3, 0.4) is 0 Å². The van der Waals surface area contributed by atoms with Crippen molar-refractivity contribution in [2.75, 3.05) is 73.5 Å². The molecule has 0 aliphatic carbocycles. The van der Waals surface area contributed by atoms with Crippen LogP contribution in [0.25, 0.3) is 0 Å². The second-order valence-electron chi connectivity index (χ2n) is 8.25. The van der Waals surface area contributed by atoms with Crippen molar-refractivity contribution in [2.24, 2.45) is 0 Å². The summed E-state index contributed by atoms with van der Waals surface area (Å²) in [6.45, 7) is 9.92. The van der Waals surface area contributed by atoms with E-state index < -0.39 is 0 Å². The Kier molecular flexibility index (Phi) is 8.56. The zero-order chi connectivity index (χ0) is 24.5. The Morgan fingerprint density at radius 2 is 1.60 bits per heavy atom. The van der Waals surface area contributed by atoms with Crippen LogP contribution in [0.4, 0.5) is 29.2 Å². The van der Waals surface area contributed by atoms with E-state index >= 15 is 0 Å². The van der Waals surface area contributed by atoms with E-state index in [0.717, 1.165) is 57.3 Å². The third-order valence-corrected chi connectivity index (χ3v) is 6.03. The van der Waals surface area contributed by atoms with Crippen molar-refractivity contribution in [1.82, 2.24) is 15.0 Å². The maximum absolute atomic E-state index is 5.46. The van der Waals surface area contributed by atoms with Gasteiger partial charge in [-0.25, -0.2) is 0 Å². The minimum absolute atomic E-state index is 0.521. The molecule has 4 rings (SSSR count). The van der Waals surface area contributed by atoms with Gasteiger partial charge >= 0.3 is 0 Å². The van der Waals surface area contributed by atoms with Crippen molar-refractivity contribution in [3.63, 3.8) is 0 Å². The maximum Gasteiger partial charge on any atom is 0.233 e. The molecule has 1 fully saturated rings. The van der Waals surface area contributed by atoms with Crippen LogP contribution in [0.2, 0.25) is 0 Å². The highest BCUT2D eigenvalue weighted by atomic mass is 16.5. The number of aromatic nitrogens is 3. The lowest BCUT2D eigenvalue weighted by Crippen LogP contribution is -2.36. The number of ether oxygens (including phenoxy) is 2. The molecule has 3 aromatic rings. The molecule has 0 radical (unpaired) electrons. The molecule has 0 spiro atoms. The van der Waals surface area contributed by atoms with Gasteiger partial charge < -0.3 is 29.9 Å². The molecule has 35 heavy (non-hydrogen) atoms. The standard InChI is InChI=1S/C26H35N7O2/c1-4-32(5-2)26-30-24(27-15-14-20-6-12-23(34-3)13-7-20)29-25(31-26)28-21-8-10-22(11-9-21)33-16-18-35-19-17-33/h6-13H,4-5,14-19H2,1-3H3,(H2,27,28,29,30,31). The fraction of sp³-hybridized carbons (Fsp3) is 0.423. The van der Waals surface area contributed by atoms with Crippen LogP contribution in [-0.4, -0.2) is 68.0 Å². The Bertz CT molecular complexity index is 1050. The summed E-state index contributed by atoms with van der Waals surface area (Å²) in [5.74, 6) is 2.59. The largest absolute Gasteiger partial charge is 0.497 e. The zero-order valence-corrected chi connectivity index (χ0v) is 20.8. The molecular formula is C26H35N7O2. The van der Waals surface area contributed by atoms with Crippen molar-refractivity contribution in [3.05, 3.63) is 54.1 Å². The number of methoxy groups -OCH3 is 1. The molecule has 1 saturated heterocycles. The summed E-state index contributed by atoms with van der Waals surface area (Å²) < 4.78 is 10.7. The van der Waals surface area contributed by atoms with E-state index in [1.165, 1.54) is 11.3 Å². The molecule has 2 heterocycles. The Morgan fingerprint density at radius 3 is 2.26 bits per heavy atom. The number of nitrogens with zero attached hydrogens (tertiary/aromatic N) is 5. The summed E-state index contributed by atoms with van der Waals surface area (Å²) in [5, 5.41) is 6.72. The Labute approximate surface area is 207 Å². The van der Waals surface area contributed by atoms with Gasteiger partial charge in [0.15, 0.2) is 0 Å². The number of rotatable bonds is 11. The van der Waals surface area contributed by atoms with E-state index in [-0.39, 0.29) is 0 Å². The topological polar surface area (TPSA) is 87.7 Å². The van der Waals surface area contributed by atoms with Crippen LogP contribution in [0.15, 0.2) is 48.5 Å². The maximum atomic E-state index is 5.46. The van der Waals surface area contributed by atoms with Gasteiger partial charge in [-0.2, -0.15) is 15.0 Å². The van der Waals surface area contributed by atoms with Gasteiger partial charge in [0.2, 0.25) is 17.8 Å². The van der Waals surface area contributed by atoms with Crippen LogP contribution in [0.1, 0.15) is 19.4 Å². The fourth-order valence-corrected chi connectivity index (χ4v) is 3.96. The lowest BCUT2D eigenvalue weighted by atomic mass is 10.1. The van der Waals surface area contributed by atoms with Crippen LogP contribution in [0.5, 0.6) is 5.75 Å². The molecule has 2 N–H and O–H groups in total. The van der Waals surface area contributed by atoms with Gasteiger partial charge in [0.25, 0.3) is 0 Å². The number of nitrogens with one attached hydrogen (secondary N) is 2. The molecule has 0 saturated carbocycles. The molecule has 9 heteroatoms. The van der Waals surface area contributed by atoms with Crippen LogP contribution in [-0.2, 0) is 11.2 Å². The quantitative estimate of drug-likeness (QED) is 0.426. The Hall–Kier alpha value is -3.59. The first kappa shape index (κ1) is 24.5. The summed E-state index contributed by atoms with van der Waals surface area (Å²) in [7, 11) is 1.68. The number of anilines is 5. The normalized spacial score (nSPS) is 13.4. The lowest BCUT2D eigenvalue weighted by Gasteiger charge is -2.28. The molecule has 2 aromatic carbocycles. The van der Waals surface area contributed by atoms with E-state index in [4.69, 9.17) is 9.47 Å². The van der Waals surface area contributed by atoms with Gasteiger partial charge in [0, 0.05) is 44.1 Å². The highest BCUT2D eigenvalue weighted by molar-refractivity contribution is 5.60. The summed E-state index contributed by atoms with van der Waals surface area (Å²) in [6.07, 6.45) is 0.849. The number of hydrogen-bond acceptors (Lipinski definition) is 9. The van der Waals surface area contributed by atoms with Crippen LogP contribution >= 0.6 is 0 Å². The predicted octanol–water partition coefficient (Wildman–Crippen LogP) is 3.96. The van der Waals surface area contributed by atoms with E-state index in [1.54, 1.807) is 7.11 Å². The smallest absolute Gasteiger partial charge is 0.233 e. The molecule has 0 bridgehead atoms. The van der Waals surface area contributed by atoms with Gasteiger partial charge in [0.05, 0.1) is 20.3 Å². The lowest BCUT2D eigenvalue weighted by molar-refractivity contribution is 0.122. The SMILES string of the molecule is CCN(CC)c1nc(NCCc2ccc(OC)cc2)nc(Nc2ccc(N3CCOCC3)cc2)n1. The number of benzene rings is 2. The molecule has 1 aliphatic rings. The first-order valence-corrected chi connectivity index (χ1v) is 12.3. The first-order chi connectivity index (χ1) is 17.2. The average molecular weight is 478 g/mol. The monoisotopic (exact) mass is 477 g/mol. The van der Waals surface area contributed by atoms with Crippen LogP contribution in [0, 0.1) is 0 Å². The van der Waals surface area contributed by atoms with Crippen molar-refractivity contribution >= 4 is 29.2 Å². The third-order valence-electron chi connectivity index (χ3n) is 6.03. The molecular weight excluding hydrogens is 442 g/mol. The molecule has 1 aromatic heterocycles. The minimum Gasteiger partial charge on any atom is -0.497 e.